The molecular weight excluding hydrogens is 437 g/mol. The van der Waals surface area contributed by atoms with Crippen molar-refractivity contribution in [1.82, 2.24) is 0 Å². The number of aliphatic hydroxyl groups is 1. The van der Waals surface area contributed by atoms with Gasteiger partial charge in [-0.1, -0.05) is 12.1 Å². The quantitative estimate of drug-likeness (QED) is 0.447. The van der Waals surface area contributed by atoms with Crippen molar-refractivity contribution in [2.75, 3.05) is 26.5 Å². The minimum absolute atomic E-state index is 0.0760. The highest BCUT2D eigenvalue weighted by Gasteiger charge is 2.27. The number of benzene rings is 2. The summed E-state index contributed by atoms with van der Waals surface area (Å²) in [5, 5.41) is 10.2. The molecule has 2 atom stereocenters. The smallest absolute Gasteiger partial charge is 0.264 e. The number of hydrogen-bond donors (Lipinski definition) is 2. The molecule has 1 unspecified atom stereocenters. The van der Waals surface area contributed by atoms with E-state index in [2.05, 4.69) is 0 Å². The van der Waals surface area contributed by atoms with Crippen LogP contribution in [0.25, 0.3) is 0 Å². The molecule has 2 aromatic carbocycles. The molecule has 0 radical (unpaired) electrons. The van der Waals surface area contributed by atoms with Gasteiger partial charge in [-0.05, 0) is 79.0 Å². The number of aliphatic hydroxyl groups excluding tert-OH is 1. The molecule has 2 N–H and O–H groups in total. The largest absolute Gasteiger partial charge is 0.497 e. The van der Waals surface area contributed by atoms with Crippen molar-refractivity contribution in [2.45, 2.75) is 44.1 Å². The van der Waals surface area contributed by atoms with E-state index in [0.29, 0.717) is 35.2 Å². The molecule has 1 aliphatic carbocycles. The standard InChI is InChI=1S/C24H31F2O5P/c1-30-19-10-11-21(24(25)26)22(13-19)17-8-6-16(7-9-17)14-31-20-5-3-4-18(12-20)23(27)15-32(2,28)29/h3-5,10-13,16-17,23-24,27H,6-9,14-15H2,1-2H3,(H,28,29)/t16?,17?,23-/m1/s1. The summed E-state index contributed by atoms with van der Waals surface area (Å²) in [5.41, 5.74) is 1.30. The second kappa shape index (κ2) is 10.8. The Hall–Kier alpha value is -1.95. The Morgan fingerprint density at radius 1 is 1.09 bits per heavy atom. The van der Waals surface area contributed by atoms with Crippen LogP contribution in [0.5, 0.6) is 11.5 Å². The maximum absolute atomic E-state index is 13.5. The molecule has 0 bridgehead atoms. The van der Waals surface area contributed by atoms with Gasteiger partial charge in [0.2, 0.25) is 7.37 Å². The summed E-state index contributed by atoms with van der Waals surface area (Å²) in [4.78, 5) is 9.49. The molecule has 176 valence electrons. The van der Waals surface area contributed by atoms with Gasteiger partial charge in [-0.15, -0.1) is 0 Å². The van der Waals surface area contributed by atoms with Crippen LogP contribution in [0.2, 0.25) is 0 Å². The van der Waals surface area contributed by atoms with Crippen LogP contribution < -0.4 is 9.47 Å². The molecule has 0 saturated heterocycles. The average Bonchev–Trinajstić information content (AvgIpc) is 2.76. The summed E-state index contributed by atoms with van der Waals surface area (Å²) in [6, 6.07) is 11.7. The highest BCUT2D eigenvalue weighted by Crippen LogP contribution is 2.42. The summed E-state index contributed by atoms with van der Waals surface area (Å²) in [5.74, 6) is 1.58. The zero-order valence-electron chi connectivity index (χ0n) is 18.4. The van der Waals surface area contributed by atoms with Crippen LogP contribution in [-0.4, -0.2) is 36.5 Å². The molecule has 5 nitrogen and oxygen atoms in total. The first-order valence-electron chi connectivity index (χ1n) is 10.8. The van der Waals surface area contributed by atoms with E-state index in [9.17, 15) is 23.3 Å². The van der Waals surface area contributed by atoms with E-state index in [0.717, 1.165) is 25.7 Å². The van der Waals surface area contributed by atoms with Crippen molar-refractivity contribution in [2.24, 2.45) is 5.92 Å². The summed E-state index contributed by atoms with van der Waals surface area (Å²) in [6.07, 6.45) is -0.379. The van der Waals surface area contributed by atoms with Crippen molar-refractivity contribution in [3.8, 4) is 11.5 Å². The highest BCUT2D eigenvalue weighted by atomic mass is 31.2. The molecule has 2 aromatic rings. The summed E-state index contributed by atoms with van der Waals surface area (Å²) >= 11 is 0. The fourth-order valence-electron chi connectivity index (χ4n) is 4.32. The van der Waals surface area contributed by atoms with Crippen LogP contribution >= 0.6 is 7.37 Å². The van der Waals surface area contributed by atoms with Gasteiger partial charge in [0.25, 0.3) is 6.43 Å². The maximum atomic E-state index is 13.5. The Bertz CT molecular complexity index is 938. The molecule has 0 aromatic heterocycles. The van der Waals surface area contributed by atoms with Crippen LogP contribution in [0.1, 0.15) is 60.8 Å². The van der Waals surface area contributed by atoms with E-state index in [1.807, 2.05) is 0 Å². The van der Waals surface area contributed by atoms with Crippen LogP contribution in [-0.2, 0) is 4.57 Å². The van der Waals surface area contributed by atoms with E-state index >= 15 is 0 Å². The summed E-state index contributed by atoms with van der Waals surface area (Å²) in [6.45, 7) is 1.72. The lowest BCUT2D eigenvalue weighted by molar-refractivity contribution is 0.148. The third kappa shape index (κ3) is 6.77. The van der Waals surface area contributed by atoms with Gasteiger partial charge in [0, 0.05) is 12.2 Å². The molecule has 0 spiro atoms. The van der Waals surface area contributed by atoms with Crippen LogP contribution in [0.15, 0.2) is 42.5 Å². The zero-order valence-corrected chi connectivity index (χ0v) is 19.3. The predicted octanol–water partition coefficient (Wildman–Crippen LogP) is 5.92. The third-order valence-corrected chi connectivity index (χ3v) is 7.08. The molecule has 1 aliphatic rings. The number of hydrogen-bond acceptors (Lipinski definition) is 4. The predicted molar refractivity (Wildman–Crippen MR) is 120 cm³/mol. The van der Waals surface area contributed by atoms with E-state index in [-0.39, 0.29) is 17.6 Å². The second-order valence-corrected chi connectivity index (χ2v) is 11.1. The normalized spacial score (nSPS) is 21.7. The minimum Gasteiger partial charge on any atom is -0.497 e. The second-order valence-electron chi connectivity index (χ2n) is 8.65. The highest BCUT2D eigenvalue weighted by molar-refractivity contribution is 7.57. The summed E-state index contributed by atoms with van der Waals surface area (Å²) < 4.78 is 49.7. The number of methoxy groups -OCH3 is 1. The molecule has 0 aliphatic heterocycles. The van der Waals surface area contributed by atoms with Crippen LogP contribution in [0.4, 0.5) is 8.78 Å². The Morgan fingerprint density at radius 2 is 1.81 bits per heavy atom. The van der Waals surface area contributed by atoms with E-state index in [4.69, 9.17) is 9.47 Å². The zero-order chi connectivity index (χ0) is 23.3. The minimum atomic E-state index is -3.33. The van der Waals surface area contributed by atoms with Gasteiger partial charge in [0.05, 0.1) is 26.0 Å². The molecule has 1 saturated carbocycles. The lowest BCUT2D eigenvalue weighted by atomic mass is 9.77. The first-order valence-corrected chi connectivity index (χ1v) is 13.1. The Morgan fingerprint density at radius 3 is 2.44 bits per heavy atom. The van der Waals surface area contributed by atoms with E-state index in [1.165, 1.54) is 19.8 Å². The molecule has 8 heteroatoms. The summed E-state index contributed by atoms with van der Waals surface area (Å²) in [7, 11) is -1.80. The molecule has 3 rings (SSSR count). The van der Waals surface area contributed by atoms with Crippen molar-refractivity contribution in [3.05, 3.63) is 59.2 Å². The fourth-order valence-corrected chi connectivity index (χ4v) is 5.18. The molecule has 1 fully saturated rings. The van der Waals surface area contributed by atoms with Gasteiger partial charge < -0.3 is 19.5 Å². The first-order chi connectivity index (χ1) is 15.2. The Kier molecular flexibility index (Phi) is 8.32. The van der Waals surface area contributed by atoms with Crippen molar-refractivity contribution in [3.63, 3.8) is 0 Å². The lowest BCUT2D eigenvalue weighted by Gasteiger charge is -2.30. The first kappa shape index (κ1) is 24.7. The van der Waals surface area contributed by atoms with Gasteiger partial charge in [0.15, 0.2) is 0 Å². The van der Waals surface area contributed by atoms with Crippen LogP contribution in [0.3, 0.4) is 0 Å². The molecule has 0 heterocycles. The number of alkyl halides is 2. The van der Waals surface area contributed by atoms with Gasteiger partial charge in [0.1, 0.15) is 11.5 Å². The molecular formula is C24H31F2O5P. The van der Waals surface area contributed by atoms with E-state index in [1.54, 1.807) is 36.4 Å². The Balaban J connectivity index is 1.56. The maximum Gasteiger partial charge on any atom is 0.264 e. The fraction of sp³-hybridized carbons (Fsp3) is 0.500. The number of rotatable bonds is 9. The SMILES string of the molecule is COc1ccc(C(F)F)c(C2CCC(COc3cccc([C@H](O)CP(C)(=O)O)c3)CC2)c1. The molecule has 0 amide bonds. The van der Waals surface area contributed by atoms with Crippen LogP contribution in [0, 0.1) is 5.92 Å². The van der Waals surface area contributed by atoms with E-state index < -0.39 is 19.9 Å². The number of ether oxygens (including phenoxy) is 2. The Labute approximate surface area is 187 Å². The molecule has 32 heavy (non-hydrogen) atoms. The van der Waals surface area contributed by atoms with Gasteiger partial charge in [-0.2, -0.15) is 0 Å². The van der Waals surface area contributed by atoms with Crippen molar-refractivity contribution in [1.29, 1.82) is 0 Å². The monoisotopic (exact) mass is 468 g/mol. The van der Waals surface area contributed by atoms with Crippen molar-refractivity contribution >= 4 is 7.37 Å². The number of halogens is 2. The third-order valence-electron chi connectivity index (χ3n) is 6.06. The average molecular weight is 468 g/mol. The topological polar surface area (TPSA) is 76.0 Å². The lowest BCUT2D eigenvalue weighted by Crippen LogP contribution is -2.20. The van der Waals surface area contributed by atoms with Gasteiger partial charge >= 0.3 is 0 Å². The van der Waals surface area contributed by atoms with Crippen molar-refractivity contribution < 1.29 is 32.8 Å². The van der Waals surface area contributed by atoms with Gasteiger partial charge in [-0.25, -0.2) is 8.78 Å². The van der Waals surface area contributed by atoms with Gasteiger partial charge in [-0.3, -0.25) is 4.57 Å².